The van der Waals surface area contributed by atoms with Gasteiger partial charge in [-0.3, -0.25) is 0 Å². The van der Waals surface area contributed by atoms with Crippen LogP contribution in [0.1, 0.15) is 5.69 Å². The lowest BCUT2D eigenvalue weighted by Gasteiger charge is -1.83. The molecule has 0 radical (unpaired) electrons. The van der Waals surface area contributed by atoms with E-state index in [4.69, 9.17) is 5.26 Å². The molecule has 2 rings (SSSR count). The van der Waals surface area contributed by atoms with Crippen LogP contribution in [0.5, 0.6) is 0 Å². The lowest BCUT2D eigenvalue weighted by molar-refractivity contribution is -0.393. The molecule has 76 valence electrons. The van der Waals surface area contributed by atoms with Crippen molar-refractivity contribution in [3.05, 3.63) is 40.7 Å². The summed E-state index contributed by atoms with van der Waals surface area (Å²) in [5.41, 5.74) is 0.500. The van der Waals surface area contributed by atoms with Gasteiger partial charge in [-0.25, -0.2) is 9.97 Å². The van der Waals surface area contributed by atoms with Crippen molar-refractivity contribution in [1.29, 1.82) is 5.26 Å². The molecule has 8 heteroatoms. The van der Waals surface area contributed by atoms with Crippen LogP contribution >= 0.6 is 0 Å². The first-order valence-electron chi connectivity index (χ1n) is 3.76. The largest absolute Gasteiger partial charge is 0.432 e. The highest BCUT2D eigenvalue weighted by molar-refractivity contribution is 5.13. The maximum absolute atomic E-state index is 9.77. The first kappa shape index (κ1) is 10.4. The van der Waals surface area contributed by atoms with Crippen LogP contribution in [-0.4, -0.2) is 24.9 Å². The van der Waals surface area contributed by atoms with Gasteiger partial charge in [0.15, 0.2) is 0 Å². The predicted molar refractivity (Wildman–Crippen MR) is 48.5 cm³/mol. The van der Waals surface area contributed by atoms with Crippen molar-refractivity contribution in [1.82, 2.24) is 19.9 Å². The zero-order chi connectivity index (χ0) is 11.1. The van der Waals surface area contributed by atoms with Crippen LogP contribution in [0.4, 0.5) is 5.95 Å². The molecule has 0 fully saturated rings. The van der Waals surface area contributed by atoms with Gasteiger partial charge >= 0.3 is 5.95 Å². The van der Waals surface area contributed by atoms with Crippen molar-refractivity contribution >= 4 is 5.95 Å². The second kappa shape index (κ2) is 5.13. The van der Waals surface area contributed by atoms with E-state index in [2.05, 4.69) is 19.9 Å². The van der Waals surface area contributed by atoms with Gasteiger partial charge < -0.3 is 15.1 Å². The number of hydrogen-bond donors (Lipinski definition) is 2. The van der Waals surface area contributed by atoms with E-state index in [1.807, 2.05) is 6.07 Å². The van der Waals surface area contributed by atoms with Gasteiger partial charge in [-0.2, -0.15) is 5.26 Å². The Bertz CT molecular complexity index is 440. The standard InChI is InChI=1S/C4H3N3.C3H3N3O2/c5-1-4-2-6-3-7-4;7-6(8)3-4-1-2-5-3/h2-3H,(H,6,7);1-2H,(H,4,5). The number of hydrogen-bond acceptors (Lipinski definition) is 5. The van der Waals surface area contributed by atoms with Gasteiger partial charge in [0.05, 0.1) is 18.7 Å². The Morgan fingerprint density at radius 2 is 2.33 bits per heavy atom. The summed E-state index contributed by atoms with van der Waals surface area (Å²) in [6.45, 7) is 0. The summed E-state index contributed by atoms with van der Waals surface area (Å²) in [6.07, 6.45) is 5.68. The highest BCUT2D eigenvalue weighted by Crippen LogP contribution is 1.96. The van der Waals surface area contributed by atoms with Crippen molar-refractivity contribution < 1.29 is 4.92 Å². The molecule has 0 aliphatic rings. The summed E-state index contributed by atoms with van der Waals surface area (Å²) in [7, 11) is 0. The van der Waals surface area contributed by atoms with Gasteiger partial charge in [-0.15, -0.1) is 0 Å². The highest BCUT2D eigenvalue weighted by atomic mass is 16.6. The summed E-state index contributed by atoms with van der Waals surface area (Å²) < 4.78 is 0. The van der Waals surface area contributed by atoms with Gasteiger partial charge in [0.2, 0.25) is 0 Å². The van der Waals surface area contributed by atoms with Crippen LogP contribution in [0.2, 0.25) is 0 Å². The second-order valence-electron chi connectivity index (χ2n) is 2.25. The maximum atomic E-state index is 9.77. The SMILES string of the molecule is N#Cc1cnc[nH]1.O=[N+]([O-])c1ncc[nH]1. The third-order valence-corrected chi connectivity index (χ3v) is 1.28. The Labute approximate surface area is 83.8 Å². The maximum Gasteiger partial charge on any atom is 0.432 e. The van der Waals surface area contributed by atoms with Crippen LogP contribution in [0, 0.1) is 21.4 Å². The van der Waals surface area contributed by atoms with Crippen molar-refractivity contribution in [2.45, 2.75) is 0 Å². The molecule has 0 aliphatic carbocycles. The molecular formula is C7H6N6O2. The topological polar surface area (TPSA) is 124 Å². The molecule has 8 nitrogen and oxygen atoms in total. The molecule has 0 aliphatic heterocycles. The molecule has 0 saturated heterocycles. The molecule has 15 heavy (non-hydrogen) atoms. The minimum absolute atomic E-state index is 0.218. The number of imidazole rings is 2. The number of H-pyrrole nitrogens is 2. The first-order valence-corrected chi connectivity index (χ1v) is 3.76. The van der Waals surface area contributed by atoms with Gasteiger partial charge in [0.1, 0.15) is 18.0 Å². The predicted octanol–water partition coefficient (Wildman–Crippen LogP) is 0.599. The number of nitro groups is 1. The average molecular weight is 206 g/mol. The smallest absolute Gasteiger partial charge is 0.390 e. The molecule has 0 unspecified atom stereocenters. The number of nitrogens with one attached hydrogen (secondary N) is 2. The fourth-order valence-electron chi connectivity index (χ4n) is 0.674. The quantitative estimate of drug-likeness (QED) is 0.522. The minimum Gasteiger partial charge on any atom is -0.390 e. The molecule has 0 amide bonds. The highest BCUT2D eigenvalue weighted by Gasteiger charge is 2.01. The molecule has 2 N–H and O–H groups in total. The monoisotopic (exact) mass is 206 g/mol. The van der Waals surface area contributed by atoms with Crippen LogP contribution in [-0.2, 0) is 0 Å². The zero-order valence-corrected chi connectivity index (χ0v) is 7.41. The van der Waals surface area contributed by atoms with E-state index in [1.165, 1.54) is 24.9 Å². The van der Waals surface area contributed by atoms with Gasteiger partial charge in [0.25, 0.3) is 0 Å². The molecule has 0 aromatic carbocycles. The fraction of sp³-hybridized carbons (Fsp3) is 0. The summed E-state index contributed by atoms with van der Waals surface area (Å²) in [5.74, 6) is -0.218. The summed E-state index contributed by atoms with van der Waals surface area (Å²) in [5, 5.41) is 17.9. The second-order valence-corrected chi connectivity index (χ2v) is 2.25. The van der Waals surface area contributed by atoms with Crippen LogP contribution in [0.15, 0.2) is 24.9 Å². The van der Waals surface area contributed by atoms with Crippen LogP contribution in [0.3, 0.4) is 0 Å². The van der Waals surface area contributed by atoms with E-state index in [-0.39, 0.29) is 5.95 Å². The molecule has 2 heterocycles. The lowest BCUT2D eigenvalue weighted by Crippen LogP contribution is -1.88. The molecule has 0 saturated carbocycles. The van der Waals surface area contributed by atoms with E-state index in [9.17, 15) is 10.1 Å². The zero-order valence-electron chi connectivity index (χ0n) is 7.41. The summed E-state index contributed by atoms with van der Waals surface area (Å²) >= 11 is 0. The summed E-state index contributed by atoms with van der Waals surface area (Å²) in [6, 6.07) is 1.89. The Morgan fingerprint density at radius 1 is 1.53 bits per heavy atom. The van der Waals surface area contributed by atoms with Gasteiger partial charge in [-0.1, -0.05) is 4.98 Å². The Morgan fingerprint density at radius 3 is 2.60 bits per heavy atom. The number of aromatic amines is 2. The number of nitriles is 1. The Kier molecular flexibility index (Phi) is 3.55. The molecule has 0 spiro atoms. The molecule has 0 atom stereocenters. The Hall–Kier alpha value is -2.69. The number of rotatable bonds is 1. The first-order chi connectivity index (χ1) is 7.24. The van der Waals surface area contributed by atoms with Crippen molar-refractivity contribution in [2.75, 3.05) is 0 Å². The van der Waals surface area contributed by atoms with E-state index in [0.29, 0.717) is 5.69 Å². The van der Waals surface area contributed by atoms with Crippen LogP contribution < -0.4 is 0 Å². The summed E-state index contributed by atoms with van der Waals surface area (Å²) in [4.78, 5) is 21.1. The number of nitrogens with zero attached hydrogens (tertiary/aromatic N) is 4. The van der Waals surface area contributed by atoms with E-state index in [1.54, 1.807) is 0 Å². The molecule has 2 aromatic heterocycles. The molecule has 0 bridgehead atoms. The third kappa shape index (κ3) is 3.27. The van der Waals surface area contributed by atoms with E-state index >= 15 is 0 Å². The normalized spacial score (nSPS) is 8.47. The van der Waals surface area contributed by atoms with Crippen molar-refractivity contribution in [2.24, 2.45) is 0 Å². The van der Waals surface area contributed by atoms with E-state index < -0.39 is 4.92 Å². The van der Waals surface area contributed by atoms with Crippen molar-refractivity contribution in [3.63, 3.8) is 0 Å². The minimum atomic E-state index is -0.583. The van der Waals surface area contributed by atoms with Crippen LogP contribution in [0.25, 0.3) is 0 Å². The third-order valence-electron chi connectivity index (χ3n) is 1.28. The number of aromatic nitrogens is 4. The molecule has 2 aromatic rings. The lowest BCUT2D eigenvalue weighted by atomic mass is 10.6. The van der Waals surface area contributed by atoms with Crippen molar-refractivity contribution in [3.8, 4) is 6.07 Å². The van der Waals surface area contributed by atoms with E-state index in [0.717, 1.165) is 0 Å². The van der Waals surface area contributed by atoms with Gasteiger partial charge in [0, 0.05) is 0 Å². The molecular weight excluding hydrogens is 200 g/mol. The average Bonchev–Trinajstić information content (AvgIpc) is 2.92. The Balaban J connectivity index is 0.000000151. The fourth-order valence-corrected chi connectivity index (χ4v) is 0.674. The van der Waals surface area contributed by atoms with Gasteiger partial charge in [-0.05, 0) is 4.92 Å².